The van der Waals surface area contributed by atoms with Crippen molar-refractivity contribution >= 4 is 29.2 Å². The van der Waals surface area contributed by atoms with Gasteiger partial charge in [0.05, 0.1) is 16.3 Å². The van der Waals surface area contributed by atoms with E-state index in [0.717, 1.165) is 23.3 Å². The van der Waals surface area contributed by atoms with Crippen molar-refractivity contribution in [3.05, 3.63) is 58.1 Å². The number of ether oxygens (including phenoxy) is 2. The highest BCUT2D eigenvalue weighted by Gasteiger charge is 2.31. The summed E-state index contributed by atoms with van der Waals surface area (Å²) in [7, 11) is 0. The second-order valence-corrected chi connectivity index (χ2v) is 6.76. The Kier molecular flexibility index (Phi) is 7.13. The number of nitrogens with one attached hydrogen (secondary N) is 1. The quantitative estimate of drug-likeness (QED) is 0.662. The number of carbonyl (C=O) groups is 2. The van der Waals surface area contributed by atoms with Gasteiger partial charge in [0.1, 0.15) is 5.75 Å². The van der Waals surface area contributed by atoms with E-state index in [0.29, 0.717) is 11.8 Å². The largest absolute Gasteiger partial charge is 0.482 e. The fraction of sp³-hybridized carbons (Fsp3) is 0.300. The number of hydrogen-bond donors (Lipinski definition) is 1. The molecule has 0 saturated carbocycles. The van der Waals surface area contributed by atoms with Crippen molar-refractivity contribution in [2.45, 2.75) is 33.1 Å². The van der Waals surface area contributed by atoms with Crippen molar-refractivity contribution in [3.8, 4) is 5.75 Å². The molecule has 0 saturated heterocycles. The maximum absolute atomic E-state index is 12.8. The molecular weight excluding hydrogens is 411 g/mol. The highest BCUT2D eigenvalue weighted by atomic mass is 35.5. The number of carbonyl (C=O) groups excluding carboxylic acids is 2. The molecule has 0 bridgehead atoms. The van der Waals surface area contributed by atoms with Gasteiger partial charge >= 0.3 is 12.1 Å². The number of esters is 1. The highest BCUT2D eigenvalue weighted by molar-refractivity contribution is 6.33. The first kappa shape index (κ1) is 22.5. The molecule has 0 aromatic heterocycles. The molecule has 0 aliphatic rings. The molecule has 0 fully saturated rings. The standard InChI is InChI=1S/C20H19ClF3NO4/c1-11-4-6-15(8-12(11)2)28-10-18(26)29-13(3)19(27)25-17-9-14(20(22,23)24)5-7-16(17)21/h4-9,13H,10H2,1-3H3,(H,25,27). The van der Waals surface area contributed by atoms with E-state index in [9.17, 15) is 22.8 Å². The van der Waals surface area contributed by atoms with E-state index >= 15 is 0 Å². The highest BCUT2D eigenvalue weighted by Crippen LogP contribution is 2.33. The Morgan fingerprint density at radius 2 is 1.79 bits per heavy atom. The molecule has 0 spiro atoms. The normalized spacial score (nSPS) is 12.2. The second-order valence-electron chi connectivity index (χ2n) is 6.35. The van der Waals surface area contributed by atoms with E-state index in [1.165, 1.54) is 6.92 Å². The van der Waals surface area contributed by atoms with E-state index in [1.54, 1.807) is 12.1 Å². The van der Waals surface area contributed by atoms with Gasteiger partial charge < -0.3 is 14.8 Å². The lowest BCUT2D eigenvalue weighted by atomic mass is 10.1. The predicted molar refractivity (Wildman–Crippen MR) is 102 cm³/mol. The zero-order valence-electron chi connectivity index (χ0n) is 15.9. The minimum absolute atomic E-state index is 0.0806. The summed E-state index contributed by atoms with van der Waals surface area (Å²) in [6, 6.07) is 7.82. The lowest BCUT2D eigenvalue weighted by Gasteiger charge is -2.16. The van der Waals surface area contributed by atoms with E-state index < -0.39 is 36.3 Å². The number of aryl methyl sites for hydroxylation is 2. The van der Waals surface area contributed by atoms with Gasteiger partial charge in [-0.2, -0.15) is 13.2 Å². The number of rotatable bonds is 6. The smallest absolute Gasteiger partial charge is 0.416 e. The first-order valence-corrected chi connectivity index (χ1v) is 8.92. The third kappa shape index (κ3) is 6.39. The third-order valence-electron chi connectivity index (χ3n) is 4.06. The Hall–Kier alpha value is -2.74. The molecule has 9 heteroatoms. The number of benzene rings is 2. The summed E-state index contributed by atoms with van der Waals surface area (Å²) in [4.78, 5) is 24.0. The summed E-state index contributed by atoms with van der Waals surface area (Å²) in [6.07, 6.45) is -5.86. The number of anilines is 1. The molecule has 2 rings (SSSR count). The minimum Gasteiger partial charge on any atom is -0.482 e. The average molecular weight is 430 g/mol. The predicted octanol–water partition coefficient (Wildman–Crippen LogP) is 4.92. The minimum atomic E-state index is -4.59. The van der Waals surface area contributed by atoms with Crippen molar-refractivity contribution in [2.75, 3.05) is 11.9 Å². The van der Waals surface area contributed by atoms with Crippen LogP contribution in [0.15, 0.2) is 36.4 Å². The number of halogens is 4. The van der Waals surface area contributed by atoms with E-state index in [-0.39, 0.29) is 10.7 Å². The zero-order chi connectivity index (χ0) is 21.8. The van der Waals surface area contributed by atoms with Crippen molar-refractivity contribution < 1.29 is 32.2 Å². The Balaban J connectivity index is 1.93. The van der Waals surface area contributed by atoms with Crippen LogP contribution in [0.3, 0.4) is 0 Å². The van der Waals surface area contributed by atoms with Gasteiger partial charge in [-0.15, -0.1) is 0 Å². The average Bonchev–Trinajstić information content (AvgIpc) is 2.63. The van der Waals surface area contributed by atoms with Crippen molar-refractivity contribution in [3.63, 3.8) is 0 Å². The van der Waals surface area contributed by atoms with Gasteiger partial charge in [-0.05, 0) is 62.2 Å². The molecule has 0 aliphatic heterocycles. The van der Waals surface area contributed by atoms with Crippen molar-refractivity contribution in [1.82, 2.24) is 0 Å². The summed E-state index contributed by atoms with van der Waals surface area (Å²) in [5.74, 6) is -1.16. The first-order valence-electron chi connectivity index (χ1n) is 8.54. The SMILES string of the molecule is Cc1ccc(OCC(=O)OC(C)C(=O)Nc2cc(C(F)(F)F)ccc2Cl)cc1C. The first-order chi connectivity index (χ1) is 13.5. The van der Waals surface area contributed by atoms with Gasteiger partial charge in [0.25, 0.3) is 5.91 Å². The van der Waals surface area contributed by atoms with Gasteiger partial charge in [-0.1, -0.05) is 17.7 Å². The Morgan fingerprint density at radius 3 is 2.41 bits per heavy atom. The van der Waals surface area contributed by atoms with Crippen LogP contribution in [0.5, 0.6) is 5.75 Å². The molecule has 1 atom stereocenters. The summed E-state index contributed by atoms with van der Waals surface area (Å²) in [5, 5.41) is 2.15. The molecule has 5 nitrogen and oxygen atoms in total. The van der Waals surface area contributed by atoms with Crippen LogP contribution in [-0.2, 0) is 20.5 Å². The molecule has 0 radical (unpaired) electrons. The van der Waals surface area contributed by atoms with Crippen LogP contribution in [0.1, 0.15) is 23.6 Å². The van der Waals surface area contributed by atoms with E-state index in [4.69, 9.17) is 21.1 Å². The number of amides is 1. The van der Waals surface area contributed by atoms with Gasteiger partial charge in [-0.3, -0.25) is 4.79 Å². The van der Waals surface area contributed by atoms with Crippen LogP contribution in [0.2, 0.25) is 5.02 Å². The maximum atomic E-state index is 12.8. The monoisotopic (exact) mass is 429 g/mol. The lowest BCUT2D eigenvalue weighted by molar-refractivity contribution is -0.155. The molecule has 1 amide bonds. The van der Waals surface area contributed by atoms with E-state index in [2.05, 4.69) is 5.32 Å². The Labute approximate surface area is 170 Å². The van der Waals surface area contributed by atoms with Crippen LogP contribution in [0.25, 0.3) is 0 Å². The molecule has 156 valence electrons. The molecule has 1 N–H and O–H groups in total. The third-order valence-corrected chi connectivity index (χ3v) is 4.39. The summed E-state index contributed by atoms with van der Waals surface area (Å²) >= 11 is 5.83. The number of hydrogen-bond acceptors (Lipinski definition) is 4. The van der Waals surface area contributed by atoms with Gasteiger partial charge in [-0.25, -0.2) is 4.79 Å². The number of alkyl halides is 3. The van der Waals surface area contributed by atoms with Crippen LogP contribution >= 0.6 is 11.6 Å². The molecule has 0 heterocycles. The van der Waals surface area contributed by atoms with Gasteiger partial charge in [0.15, 0.2) is 12.7 Å². The topological polar surface area (TPSA) is 64.6 Å². The fourth-order valence-corrected chi connectivity index (χ4v) is 2.43. The Morgan fingerprint density at radius 1 is 1.10 bits per heavy atom. The molecule has 2 aromatic carbocycles. The van der Waals surface area contributed by atoms with Crippen molar-refractivity contribution in [1.29, 1.82) is 0 Å². The lowest BCUT2D eigenvalue weighted by Crippen LogP contribution is -2.31. The van der Waals surface area contributed by atoms with Crippen LogP contribution in [0, 0.1) is 13.8 Å². The van der Waals surface area contributed by atoms with Crippen molar-refractivity contribution in [2.24, 2.45) is 0 Å². The fourth-order valence-electron chi connectivity index (χ4n) is 2.26. The summed E-state index contributed by atoms with van der Waals surface area (Å²) in [5.41, 5.74) is 0.851. The van der Waals surface area contributed by atoms with E-state index in [1.807, 2.05) is 19.9 Å². The molecule has 1 unspecified atom stereocenters. The van der Waals surface area contributed by atoms with Gasteiger partial charge in [0, 0.05) is 0 Å². The zero-order valence-corrected chi connectivity index (χ0v) is 16.6. The maximum Gasteiger partial charge on any atom is 0.416 e. The van der Waals surface area contributed by atoms with Crippen LogP contribution in [0.4, 0.5) is 18.9 Å². The Bertz CT molecular complexity index is 915. The van der Waals surface area contributed by atoms with Crippen LogP contribution in [-0.4, -0.2) is 24.6 Å². The molecular formula is C20H19ClF3NO4. The summed E-state index contributed by atoms with van der Waals surface area (Å²) < 4.78 is 48.7. The molecule has 29 heavy (non-hydrogen) atoms. The van der Waals surface area contributed by atoms with Crippen LogP contribution < -0.4 is 10.1 Å². The second kappa shape index (κ2) is 9.17. The molecule has 0 aliphatic carbocycles. The molecule has 2 aromatic rings. The summed E-state index contributed by atoms with van der Waals surface area (Å²) in [6.45, 7) is 4.69. The van der Waals surface area contributed by atoms with Gasteiger partial charge in [0.2, 0.25) is 0 Å².